The predicted molar refractivity (Wildman–Crippen MR) is 47.8 cm³/mol. The molecule has 0 aromatic rings. The van der Waals surface area contributed by atoms with Crippen molar-refractivity contribution in [3.8, 4) is 0 Å². The third-order valence-electron chi connectivity index (χ3n) is 1.74. The molecular formula is C8H19P. The molecule has 0 nitrogen and oxygen atoms in total. The van der Waals surface area contributed by atoms with Crippen molar-refractivity contribution in [1.82, 2.24) is 0 Å². The second-order valence-corrected chi connectivity index (χ2v) is 4.52. The molecule has 0 rings (SSSR count). The highest BCUT2D eigenvalue weighted by atomic mass is 31.0. The molecule has 3 atom stereocenters. The summed E-state index contributed by atoms with van der Waals surface area (Å²) in [4.78, 5) is 0. The molecule has 0 aliphatic heterocycles. The molecule has 0 aliphatic rings. The fourth-order valence-corrected chi connectivity index (χ4v) is 1.12. The third-order valence-corrected chi connectivity index (χ3v) is 2.40. The standard InChI is InChI=1S/C8H19P/c1-6(2)5-7(3)8(4)9/h6-8H,5,9H2,1-4H3. The lowest BCUT2D eigenvalue weighted by Gasteiger charge is -2.16. The van der Waals surface area contributed by atoms with Crippen molar-refractivity contribution < 1.29 is 0 Å². The number of rotatable bonds is 3. The highest BCUT2D eigenvalue weighted by Crippen LogP contribution is 2.19. The van der Waals surface area contributed by atoms with Gasteiger partial charge in [-0.25, -0.2) is 0 Å². The SMILES string of the molecule is CC(C)CC(C)C(C)P. The molecule has 0 radical (unpaired) electrons. The van der Waals surface area contributed by atoms with Gasteiger partial charge in [-0.3, -0.25) is 0 Å². The van der Waals surface area contributed by atoms with E-state index in [4.69, 9.17) is 0 Å². The molecule has 0 aromatic carbocycles. The lowest BCUT2D eigenvalue weighted by atomic mass is 9.96. The molecule has 9 heavy (non-hydrogen) atoms. The molecule has 1 heteroatoms. The smallest absolute Gasteiger partial charge is 0.0267 e. The Balaban J connectivity index is 3.38. The van der Waals surface area contributed by atoms with E-state index in [-0.39, 0.29) is 0 Å². The van der Waals surface area contributed by atoms with Crippen LogP contribution in [-0.4, -0.2) is 5.66 Å². The Bertz CT molecular complexity index is 67.0. The number of hydrogen-bond donors (Lipinski definition) is 0. The van der Waals surface area contributed by atoms with Crippen LogP contribution < -0.4 is 0 Å². The van der Waals surface area contributed by atoms with Crippen molar-refractivity contribution in [3.05, 3.63) is 0 Å². The van der Waals surface area contributed by atoms with E-state index in [2.05, 4.69) is 36.9 Å². The van der Waals surface area contributed by atoms with Gasteiger partial charge in [-0.15, -0.1) is 9.24 Å². The number of hydrogen-bond acceptors (Lipinski definition) is 0. The zero-order valence-electron chi connectivity index (χ0n) is 7.02. The second kappa shape index (κ2) is 4.28. The zero-order chi connectivity index (χ0) is 7.44. The largest absolute Gasteiger partial charge is 0.134 e. The molecule has 0 saturated heterocycles. The van der Waals surface area contributed by atoms with Crippen molar-refractivity contribution in [3.63, 3.8) is 0 Å². The van der Waals surface area contributed by atoms with Gasteiger partial charge in [0.2, 0.25) is 0 Å². The van der Waals surface area contributed by atoms with E-state index in [1.807, 2.05) is 0 Å². The Kier molecular flexibility index (Phi) is 4.48. The Morgan fingerprint density at radius 1 is 1.11 bits per heavy atom. The van der Waals surface area contributed by atoms with Crippen molar-refractivity contribution in [2.75, 3.05) is 0 Å². The van der Waals surface area contributed by atoms with E-state index < -0.39 is 0 Å². The molecule has 0 saturated carbocycles. The monoisotopic (exact) mass is 146 g/mol. The van der Waals surface area contributed by atoms with Crippen molar-refractivity contribution in [1.29, 1.82) is 0 Å². The summed E-state index contributed by atoms with van der Waals surface area (Å²) in [6.45, 7) is 9.14. The van der Waals surface area contributed by atoms with Gasteiger partial charge in [-0.05, 0) is 23.9 Å². The van der Waals surface area contributed by atoms with Crippen molar-refractivity contribution in [2.24, 2.45) is 11.8 Å². The van der Waals surface area contributed by atoms with E-state index in [1.165, 1.54) is 6.42 Å². The van der Waals surface area contributed by atoms with Gasteiger partial charge >= 0.3 is 0 Å². The predicted octanol–water partition coefficient (Wildman–Crippen LogP) is 2.93. The van der Waals surface area contributed by atoms with E-state index in [0.717, 1.165) is 17.5 Å². The molecule has 0 amide bonds. The van der Waals surface area contributed by atoms with Crippen molar-refractivity contribution >= 4 is 9.24 Å². The van der Waals surface area contributed by atoms with Gasteiger partial charge in [0, 0.05) is 0 Å². The summed E-state index contributed by atoms with van der Waals surface area (Å²) in [5.41, 5.74) is 0.771. The van der Waals surface area contributed by atoms with E-state index in [1.54, 1.807) is 0 Å². The molecule has 0 aromatic heterocycles. The molecular weight excluding hydrogens is 127 g/mol. The summed E-state index contributed by atoms with van der Waals surface area (Å²) in [6, 6.07) is 0. The van der Waals surface area contributed by atoms with Gasteiger partial charge < -0.3 is 0 Å². The zero-order valence-corrected chi connectivity index (χ0v) is 8.17. The van der Waals surface area contributed by atoms with Crippen LogP contribution in [0.2, 0.25) is 0 Å². The molecule has 0 heterocycles. The Hall–Kier alpha value is 0.430. The first-order valence-corrected chi connectivity index (χ1v) is 4.46. The quantitative estimate of drug-likeness (QED) is 0.537. The molecule has 0 N–H and O–H groups in total. The van der Waals surface area contributed by atoms with Crippen LogP contribution in [0.4, 0.5) is 0 Å². The lowest BCUT2D eigenvalue weighted by Crippen LogP contribution is -2.08. The normalized spacial score (nSPS) is 18.0. The third kappa shape index (κ3) is 4.90. The maximum absolute atomic E-state index is 2.86. The lowest BCUT2D eigenvalue weighted by molar-refractivity contribution is 0.436. The minimum Gasteiger partial charge on any atom is -0.134 e. The van der Waals surface area contributed by atoms with Gasteiger partial charge in [0.25, 0.3) is 0 Å². The topological polar surface area (TPSA) is 0 Å². The highest BCUT2D eigenvalue weighted by molar-refractivity contribution is 7.17. The van der Waals surface area contributed by atoms with E-state index in [9.17, 15) is 0 Å². The van der Waals surface area contributed by atoms with Crippen molar-refractivity contribution in [2.45, 2.75) is 39.8 Å². The Morgan fingerprint density at radius 2 is 1.56 bits per heavy atom. The van der Waals surface area contributed by atoms with Crippen LogP contribution in [0.5, 0.6) is 0 Å². The fourth-order valence-electron chi connectivity index (χ4n) is 0.958. The van der Waals surface area contributed by atoms with Crippen LogP contribution in [0.1, 0.15) is 34.1 Å². The van der Waals surface area contributed by atoms with Gasteiger partial charge in [-0.2, -0.15) is 0 Å². The van der Waals surface area contributed by atoms with Crippen LogP contribution in [0.25, 0.3) is 0 Å². The fraction of sp³-hybridized carbons (Fsp3) is 1.00. The first-order valence-electron chi connectivity index (χ1n) is 3.79. The average Bonchev–Trinajstić information content (AvgIpc) is 1.63. The van der Waals surface area contributed by atoms with E-state index >= 15 is 0 Å². The van der Waals surface area contributed by atoms with Crippen LogP contribution in [0, 0.1) is 11.8 Å². The Labute approximate surface area is 61.6 Å². The second-order valence-electron chi connectivity index (χ2n) is 3.47. The van der Waals surface area contributed by atoms with E-state index in [0.29, 0.717) is 0 Å². The average molecular weight is 146 g/mol. The maximum Gasteiger partial charge on any atom is -0.0267 e. The van der Waals surface area contributed by atoms with Crippen LogP contribution in [-0.2, 0) is 0 Å². The summed E-state index contributed by atoms with van der Waals surface area (Å²) >= 11 is 0. The molecule has 56 valence electrons. The minimum atomic E-state index is 0.771. The summed E-state index contributed by atoms with van der Waals surface area (Å²) in [5, 5.41) is 0. The van der Waals surface area contributed by atoms with Gasteiger partial charge in [-0.1, -0.05) is 27.7 Å². The van der Waals surface area contributed by atoms with Crippen LogP contribution in [0.3, 0.4) is 0 Å². The highest BCUT2D eigenvalue weighted by Gasteiger charge is 2.07. The van der Waals surface area contributed by atoms with Gasteiger partial charge in [0.15, 0.2) is 0 Å². The molecule has 0 aliphatic carbocycles. The summed E-state index contributed by atoms with van der Waals surface area (Å²) in [6.07, 6.45) is 1.35. The summed E-state index contributed by atoms with van der Waals surface area (Å²) in [5.74, 6) is 1.71. The molecule has 3 unspecified atom stereocenters. The molecule has 0 spiro atoms. The van der Waals surface area contributed by atoms with Crippen LogP contribution >= 0.6 is 9.24 Å². The summed E-state index contributed by atoms with van der Waals surface area (Å²) in [7, 11) is 2.86. The summed E-state index contributed by atoms with van der Waals surface area (Å²) < 4.78 is 0. The first-order chi connectivity index (χ1) is 4.04. The first kappa shape index (κ1) is 9.43. The van der Waals surface area contributed by atoms with Gasteiger partial charge in [0.1, 0.15) is 0 Å². The molecule has 0 fully saturated rings. The Morgan fingerprint density at radius 3 is 1.67 bits per heavy atom. The van der Waals surface area contributed by atoms with Crippen LogP contribution in [0.15, 0.2) is 0 Å². The maximum atomic E-state index is 2.86. The molecule has 0 bridgehead atoms. The minimum absolute atomic E-state index is 0.771. The van der Waals surface area contributed by atoms with Gasteiger partial charge in [0.05, 0.1) is 0 Å².